The molecule has 0 atom stereocenters. The van der Waals surface area contributed by atoms with Gasteiger partial charge in [-0.15, -0.1) is 0 Å². The molecule has 1 heterocycles. The van der Waals surface area contributed by atoms with Crippen LogP contribution in [0.4, 0.5) is 0 Å². The van der Waals surface area contributed by atoms with Crippen molar-refractivity contribution in [2.75, 3.05) is 19.5 Å². The fourth-order valence-electron chi connectivity index (χ4n) is 1.53. The number of benzene rings is 1. The lowest BCUT2D eigenvalue weighted by atomic mass is 10.2. The number of rotatable bonds is 5. The van der Waals surface area contributed by atoms with Gasteiger partial charge in [-0.1, -0.05) is 18.2 Å². The summed E-state index contributed by atoms with van der Waals surface area (Å²) in [6.07, 6.45) is 2.69. The molecule has 1 aromatic heterocycles. The van der Waals surface area contributed by atoms with E-state index in [1.54, 1.807) is 12.3 Å². The lowest BCUT2D eigenvalue weighted by molar-refractivity contribution is 0.224. The van der Waals surface area contributed by atoms with Crippen LogP contribution in [0.2, 0.25) is 0 Å². The average Bonchev–Trinajstić information content (AvgIpc) is 2.33. The van der Waals surface area contributed by atoms with Crippen LogP contribution in [0, 0.1) is 0 Å². The van der Waals surface area contributed by atoms with Gasteiger partial charge in [0.2, 0.25) is 0 Å². The maximum Gasteiger partial charge on any atom is 0.264 e. The Labute approximate surface area is 105 Å². The van der Waals surface area contributed by atoms with Gasteiger partial charge in [0.15, 0.2) is 0 Å². The highest BCUT2D eigenvalue weighted by atomic mass is 32.2. The lowest BCUT2D eigenvalue weighted by Gasteiger charge is -2.08. The quantitative estimate of drug-likeness (QED) is 0.608. The van der Waals surface area contributed by atoms with E-state index >= 15 is 0 Å². The monoisotopic (exact) mass is 267 g/mol. The SMILES string of the molecule is CS(=O)(=O)OCCOc1cccc2cccnc12. The van der Waals surface area contributed by atoms with E-state index in [4.69, 9.17) is 4.74 Å². The summed E-state index contributed by atoms with van der Waals surface area (Å²) in [6.45, 7) is 0.144. The molecule has 96 valence electrons. The van der Waals surface area contributed by atoms with E-state index in [9.17, 15) is 8.42 Å². The van der Waals surface area contributed by atoms with Crippen molar-refractivity contribution in [2.24, 2.45) is 0 Å². The van der Waals surface area contributed by atoms with Crippen molar-refractivity contribution in [1.29, 1.82) is 0 Å². The van der Waals surface area contributed by atoms with E-state index in [2.05, 4.69) is 9.17 Å². The number of fused-ring (bicyclic) bond motifs is 1. The molecule has 0 aliphatic carbocycles. The van der Waals surface area contributed by atoms with Gasteiger partial charge in [-0.3, -0.25) is 9.17 Å². The highest BCUT2D eigenvalue weighted by Gasteiger charge is 2.04. The van der Waals surface area contributed by atoms with Crippen LogP contribution in [0.15, 0.2) is 36.5 Å². The third-order valence-corrected chi connectivity index (χ3v) is 2.83. The van der Waals surface area contributed by atoms with Crippen molar-refractivity contribution in [3.8, 4) is 5.75 Å². The predicted octanol–water partition coefficient (Wildman–Crippen LogP) is 1.59. The fraction of sp³-hybridized carbons (Fsp3) is 0.250. The Kier molecular flexibility index (Phi) is 3.78. The minimum Gasteiger partial charge on any atom is -0.489 e. The normalized spacial score (nSPS) is 11.6. The molecule has 18 heavy (non-hydrogen) atoms. The molecular formula is C12H13NO4S. The number of ether oxygens (including phenoxy) is 1. The number of para-hydroxylation sites is 1. The largest absolute Gasteiger partial charge is 0.489 e. The first-order chi connectivity index (χ1) is 8.56. The number of hydrogen-bond donors (Lipinski definition) is 0. The second-order valence-electron chi connectivity index (χ2n) is 3.71. The van der Waals surface area contributed by atoms with Crippen LogP contribution in [-0.2, 0) is 14.3 Å². The van der Waals surface area contributed by atoms with Crippen molar-refractivity contribution in [3.63, 3.8) is 0 Å². The Morgan fingerprint density at radius 2 is 1.94 bits per heavy atom. The van der Waals surface area contributed by atoms with Gasteiger partial charge in [-0.25, -0.2) is 0 Å². The van der Waals surface area contributed by atoms with Crippen LogP contribution in [0.25, 0.3) is 10.9 Å². The summed E-state index contributed by atoms with van der Waals surface area (Å²) in [4.78, 5) is 4.22. The number of aromatic nitrogens is 1. The Balaban J connectivity index is 2.04. The van der Waals surface area contributed by atoms with Gasteiger partial charge < -0.3 is 4.74 Å². The minimum atomic E-state index is -3.42. The summed E-state index contributed by atoms with van der Waals surface area (Å²) in [7, 11) is -3.42. The van der Waals surface area contributed by atoms with E-state index in [0.29, 0.717) is 5.75 Å². The standard InChI is InChI=1S/C12H13NO4S/c1-18(14,15)17-9-8-16-11-6-2-4-10-5-3-7-13-12(10)11/h2-7H,8-9H2,1H3. The van der Waals surface area contributed by atoms with Crippen molar-refractivity contribution in [1.82, 2.24) is 4.98 Å². The average molecular weight is 267 g/mol. The highest BCUT2D eigenvalue weighted by Crippen LogP contribution is 2.22. The van der Waals surface area contributed by atoms with E-state index in [0.717, 1.165) is 17.2 Å². The molecule has 0 aliphatic rings. The maximum absolute atomic E-state index is 10.8. The molecule has 0 bridgehead atoms. The first kappa shape index (κ1) is 12.8. The molecule has 0 radical (unpaired) electrons. The molecule has 0 saturated carbocycles. The van der Waals surface area contributed by atoms with Gasteiger partial charge in [0, 0.05) is 11.6 Å². The Morgan fingerprint density at radius 1 is 1.17 bits per heavy atom. The number of nitrogens with zero attached hydrogens (tertiary/aromatic N) is 1. The van der Waals surface area contributed by atoms with Crippen LogP contribution in [0.3, 0.4) is 0 Å². The smallest absolute Gasteiger partial charge is 0.264 e. The van der Waals surface area contributed by atoms with Gasteiger partial charge >= 0.3 is 0 Å². The highest BCUT2D eigenvalue weighted by molar-refractivity contribution is 7.85. The molecule has 5 nitrogen and oxygen atoms in total. The second kappa shape index (κ2) is 5.32. The van der Waals surface area contributed by atoms with E-state index in [1.807, 2.05) is 24.3 Å². The van der Waals surface area contributed by atoms with Gasteiger partial charge in [-0.2, -0.15) is 8.42 Å². The Hall–Kier alpha value is -1.66. The molecule has 6 heteroatoms. The zero-order valence-electron chi connectivity index (χ0n) is 9.87. The van der Waals surface area contributed by atoms with Crippen molar-refractivity contribution >= 4 is 21.0 Å². The third kappa shape index (κ3) is 3.41. The molecule has 0 N–H and O–H groups in total. The number of hydrogen-bond acceptors (Lipinski definition) is 5. The first-order valence-corrected chi connectivity index (χ1v) is 7.19. The second-order valence-corrected chi connectivity index (χ2v) is 5.35. The summed E-state index contributed by atoms with van der Waals surface area (Å²) in [5.74, 6) is 0.616. The van der Waals surface area contributed by atoms with Crippen LogP contribution in [0.5, 0.6) is 5.75 Å². The number of pyridine rings is 1. The van der Waals surface area contributed by atoms with Gasteiger partial charge in [-0.05, 0) is 12.1 Å². The van der Waals surface area contributed by atoms with Crippen molar-refractivity contribution in [2.45, 2.75) is 0 Å². The molecule has 2 rings (SSSR count). The first-order valence-electron chi connectivity index (χ1n) is 5.37. The summed E-state index contributed by atoms with van der Waals surface area (Å²) in [6, 6.07) is 9.36. The molecular weight excluding hydrogens is 254 g/mol. The van der Waals surface area contributed by atoms with Crippen LogP contribution in [0.1, 0.15) is 0 Å². The van der Waals surface area contributed by atoms with Crippen molar-refractivity contribution in [3.05, 3.63) is 36.5 Å². The molecule has 0 unspecified atom stereocenters. The van der Waals surface area contributed by atoms with Gasteiger partial charge in [0.25, 0.3) is 10.1 Å². The van der Waals surface area contributed by atoms with Crippen LogP contribution in [-0.4, -0.2) is 32.9 Å². The van der Waals surface area contributed by atoms with Crippen molar-refractivity contribution < 1.29 is 17.3 Å². The molecule has 0 fully saturated rings. The topological polar surface area (TPSA) is 65.5 Å². The summed E-state index contributed by atoms with van der Waals surface area (Å²) in [5, 5.41) is 0.971. The van der Waals surface area contributed by atoms with E-state index in [-0.39, 0.29) is 13.2 Å². The predicted molar refractivity (Wildman–Crippen MR) is 68.0 cm³/mol. The van der Waals surface area contributed by atoms with E-state index < -0.39 is 10.1 Å². The zero-order chi connectivity index (χ0) is 13.0. The fourth-order valence-corrected chi connectivity index (χ4v) is 1.90. The summed E-state index contributed by atoms with van der Waals surface area (Å²) >= 11 is 0. The van der Waals surface area contributed by atoms with Crippen LogP contribution >= 0.6 is 0 Å². The third-order valence-electron chi connectivity index (χ3n) is 2.23. The molecule has 0 saturated heterocycles. The zero-order valence-corrected chi connectivity index (χ0v) is 10.7. The van der Waals surface area contributed by atoms with E-state index in [1.165, 1.54) is 0 Å². The Morgan fingerprint density at radius 3 is 2.72 bits per heavy atom. The molecule has 1 aromatic carbocycles. The molecule has 0 aliphatic heterocycles. The summed E-state index contributed by atoms with van der Waals surface area (Å²) in [5.41, 5.74) is 0.749. The molecule has 0 amide bonds. The van der Waals surface area contributed by atoms with Gasteiger partial charge in [0.1, 0.15) is 24.5 Å². The molecule has 0 spiro atoms. The maximum atomic E-state index is 10.8. The van der Waals surface area contributed by atoms with Crippen LogP contribution < -0.4 is 4.74 Å². The lowest BCUT2D eigenvalue weighted by Crippen LogP contribution is -2.11. The Bertz CT molecular complexity index is 634. The minimum absolute atomic E-state index is 0.0119. The summed E-state index contributed by atoms with van der Waals surface area (Å²) < 4.78 is 31.6. The molecule has 2 aromatic rings. The van der Waals surface area contributed by atoms with Gasteiger partial charge in [0.05, 0.1) is 6.26 Å².